The van der Waals surface area contributed by atoms with E-state index in [9.17, 15) is 9.18 Å². The molecule has 132 valence electrons. The van der Waals surface area contributed by atoms with Gasteiger partial charge in [0.15, 0.2) is 11.6 Å². The van der Waals surface area contributed by atoms with Crippen LogP contribution >= 0.6 is 11.6 Å². The van der Waals surface area contributed by atoms with Crippen molar-refractivity contribution in [1.82, 2.24) is 4.90 Å². The molecule has 1 aliphatic heterocycles. The van der Waals surface area contributed by atoms with Gasteiger partial charge in [-0.15, -0.1) is 0 Å². The molecule has 0 atom stereocenters. The third kappa shape index (κ3) is 3.56. The molecule has 1 fully saturated rings. The van der Waals surface area contributed by atoms with Crippen LogP contribution in [-0.2, 0) is 0 Å². The molecular weight excluding hydrogens is 343 g/mol. The Morgan fingerprint density at radius 1 is 1.16 bits per heavy atom. The van der Waals surface area contributed by atoms with Gasteiger partial charge in [0.05, 0.1) is 12.7 Å². The number of carbonyl (C=O) groups is 1. The normalized spacial score (nSPS) is 14.6. The number of rotatable bonds is 3. The summed E-state index contributed by atoms with van der Waals surface area (Å²) in [6.07, 6.45) is 0. The van der Waals surface area contributed by atoms with Crippen molar-refractivity contribution in [3.8, 4) is 5.75 Å². The van der Waals surface area contributed by atoms with Gasteiger partial charge in [0, 0.05) is 36.9 Å². The van der Waals surface area contributed by atoms with Crippen LogP contribution in [0.1, 0.15) is 15.9 Å². The molecule has 4 nitrogen and oxygen atoms in total. The quantitative estimate of drug-likeness (QED) is 0.833. The second-order valence-corrected chi connectivity index (χ2v) is 6.47. The molecule has 1 heterocycles. The number of methoxy groups -OCH3 is 1. The standard InChI is InChI=1S/C19H20ClFN2O2/c1-13-6-7-14(20)12-17(13)22-8-10-23(11-9-22)19(24)15-4-3-5-16(21)18(15)25-2/h3-7,12H,8-11H2,1-2H3. The van der Waals surface area contributed by atoms with E-state index in [1.54, 1.807) is 11.0 Å². The Morgan fingerprint density at radius 2 is 1.88 bits per heavy atom. The summed E-state index contributed by atoms with van der Waals surface area (Å²) in [6.45, 7) is 4.56. The van der Waals surface area contributed by atoms with Crippen LogP contribution in [0.25, 0.3) is 0 Å². The molecule has 25 heavy (non-hydrogen) atoms. The van der Waals surface area contributed by atoms with E-state index in [2.05, 4.69) is 4.90 Å². The van der Waals surface area contributed by atoms with Gasteiger partial charge in [-0.2, -0.15) is 0 Å². The Bertz CT molecular complexity index is 789. The van der Waals surface area contributed by atoms with E-state index < -0.39 is 5.82 Å². The summed E-state index contributed by atoms with van der Waals surface area (Å²) in [7, 11) is 1.37. The fourth-order valence-corrected chi connectivity index (χ4v) is 3.30. The highest BCUT2D eigenvalue weighted by Gasteiger charge is 2.26. The third-order valence-corrected chi connectivity index (χ3v) is 4.72. The molecule has 1 saturated heterocycles. The van der Waals surface area contributed by atoms with Crippen LogP contribution in [-0.4, -0.2) is 44.1 Å². The van der Waals surface area contributed by atoms with E-state index in [4.69, 9.17) is 16.3 Å². The van der Waals surface area contributed by atoms with E-state index in [0.717, 1.165) is 11.3 Å². The molecule has 2 aromatic carbocycles. The number of benzene rings is 2. The molecule has 0 aliphatic carbocycles. The minimum absolute atomic E-state index is 0.000570. The number of para-hydroxylation sites is 1. The lowest BCUT2D eigenvalue weighted by molar-refractivity contribution is 0.0742. The molecule has 0 unspecified atom stereocenters. The molecular formula is C19H20ClFN2O2. The van der Waals surface area contributed by atoms with E-state index in [-0.39, 0.29) is 17.2 Å². The number of carbonyl (C=O) groups excluding carboxylic acids is 1. The number of aryl methyl sites for hydroxylation is 1. The zero-order valence-electron chi connectivity index (χ0n) is 14.3. The van der Waals surface area contributed by atoms with Gasteiger partial charge in [-0.1, -0.05) is 23.7 Å². The first-order valence-electron chi connectivity index (χ1n) is 8.14. The topological polar surface area (TPSA) is 32.8 Å². The highest BCUT2D eigenvalue weighted by molar-refractivity contribution is 6.30. The lowest BCUT2D eigenvalue weighted by Crippen LogP contribution is -2.49. The fourth-order valence-electron chi connectivity index (χ4n) is 3.13. The van der Waals surface area contributed by atoms with Gasteiger partial charge in [-0.3, -0.25) is 4.79 Å². The molecule has 3 rings (SSSR count). The predicted octanol–water partition coefficient (Wildman–Crippen LogP) is 3.76. The van der Waals surface area contributed by atoms with Crippen LogP contribution < -0.4 is 9.64 Å². The van der Waals surface area contributed by atoms with Crippen LogP contribution in [0, 0.1) is 12.7 Å². The molecule has 0 bridgehead atoms. The molecule has 1 aliphatic rings. The predicted molar refractivity (Wildman–Crippen MR) is 97.3 cm³/mol. The summed E-state index contributed by atoms with van der Waals surface area (Å²) in [5.74, 6) is -0.735. The highest BCUT2D eigenvalue weighted by atomic mass is 35.5. The lowest BCUT2D eigenvalue weighted by atomic mass is 10.1. The fraction of sp³-hybridized carbons (Fsp3) is 0.316. The summed E-state index contributed by atoms with van der Waals surface area (Å²) in [5, 5.41) is 0.698. The molecule has 1 amide bonds. The van der Waals surface area contributed by atoms with Crippen LogP contribution in [0.3, 0.4) is 0 Å². The van der Waals surface area contributed by atoms with E-state index >= 15 is 0 Å². The van der Waals surface area contributed by atoms with Crippen molar-refractivity contribution in [2.75, 3.05) is 38.2 Å². The minimum Gasteiger partial charge on any atom is -0.493 e. The molecule has 6 heteroatoms. The zero-order valence-corrected chi connectivity index (χ0v) is 15.0. The summed E-state index contributed by atoms with van der Waals surface area (Å²) >= 11 is 6.10. The Labute approximate surface area is 151 Å². The van der Waals surface area contributed by atoms with Gasteiger partial charge in [0.2, 0.25) is 0 Å². The molecule has 0 saturated carbocycles. The third-order valence-electron chi connectivity index (χ3n) is 4.48. The number of anilines is 1. The minimum atomic E-state index is -0.526. The molecule has 0 radical (unpaired) electrons. The van der Waals surface area contributed by atoms with Crippen LogP contribution in [0.5, 0.6) is 5.75 Å². The number of hydrogen-bond acceptors (Lipinski definition) is 3. The van der Waals surface area contributed by atoms with E-state index in [1.165, 1.54) is 19.2 Å². The molecule has 0 spiro atoms. The first-order chi connectivity index (χ1) is 12.0. The van der Waals surface area contributed by atoms with Crippen molar-refractivity contribution in [1.29, 1.82) is 0 Å². The Morgan fingerprint density at radius 3 is 2.56 bits per heavy atom. The number of amides is 1. The van der Waals surface area contributed by atoms with Gasteiger partial charge in [-0.05, 0) is 36.8 Å². The maximum Gasteiger partial charge on any atom is 0.257 e. The highest BCUT2D eigenvalue weighted by Crippen LogP contribution is 2.27. The van der Waals surface area contributed by atoms with Gasteiger partial charge in [0.1, 0.15) is 0 Å². The SMILES string of the molecule is COc1c(F)cccc1C(=O)N1CCN(c2cc(Cl)ccc2C)CC1. The van der Waals surface area contributed by atoms with Gasteiger partial charge >= 0.3 is 0 Å². The maximum atomic E-state index is 13.8. The second-order valence-electron chi connectivity index (χ2n) is 6.03. The molecule has 0 aromatic heterocycles. The van der Waals surface area contributed by atoms with Crippen LogP contribution in [0.15, 0.2) is 36.4 Å². The number of hydrogen-bond donors (Lipinski definition) is 0. The van der Waals surface area contributed by atoms with Crippen molar-refractivity contribution in [2.24, 2.45) is 0 Å². The summed E-state index contributed by atoms with van der Waals surface area (Å²) < 4.78 is 18.9. The average Bonchev–Trinajstić information content (AvgIpc) is 2.63. The van der Waals surface area contributed by atoms with E-state index in [0.29, 0.717) is 31.2 Å². The smallest absolute Gasteiger partial charge is 0.257 e. The number of piperazine rings is 1. The Hall–Kier alpha value is -2.27. The Kier molecular flexibility index (Phi) is 5.13. The second kappa shape index (κ2) is 7.31. The first kappa shape index (κ1) is 17.5. The number of halogens is 2. The largest absolute Gasteiger partial charge is 0.493 e. The van der Waals surface area contributed by atoms with Gasteiger partial charge < -0.3 is 14.5 Å². The first-order valence-corrected chi connectivity index (χ1v) is 8.52. The summed E-state index contributed by atoms with van der Waals surface area (Å²) in [6, 6.07) is 10.2. The maximum absolute atomic E-state index is 13.8. The van der Waals surface area contributed by atoms with E-state index in [1.807, 2.05) is 25.1 Å². The monoisotopic (exact) mass is 362 g/mol. The average molecular weight is 363 g/mol. The zero-order chi connectivity index (χ0) is 18.0. The van der Waals surface area contributed by atoms with Crippen molar-refractivity contribution in [3.05, 3.63) is 58.4 Å². The van der Waals surface area contributed by atoms with Gasteiger partial charge in [-0.25, -0.2) is 4.39 Å². The Balaban J connectivity index is 1.73. The van der Waals surface area contributed by atoms with Crippen molar-refractivity contribution in [3.63, 3.8) is 0 Å². The van der Waals surface area contributed by atoms with Crippen molar-refractivity contribution < 1.29 is 13.9 Å². The van der Waals surface area contributed by atoms with Crippen molar-refractivity contribution >= 4 is 23.2 Å². The summed E-state index contributed by atoms with van der Waals surface area (Å²) in [4.78, 5) is 16.7. The lowest BCUT2D eigenvalue weighted by Gasteiger charge is -2.37. The van der Waals surface area contributed by atoms with Crippen LogP contribution in [0.2, 0.25) is 5.02 Å². The van der Waals surface area contributed by atoms with Crippen molar-refractivity contribution in [2.45, 2.75) is 6.92 Å². The number of nitrogens with zero attached hydrogens (tertiary/aromatic N) is 2. The van der Waals surface area contributed by atoms with Crippen LogP contribution in [0.4, 0.5) is 10.1 Å². The number of ether oxygens (including phenoxy) is 1. The molecule has 2 aromatic rings. The van der Waals surface area contributed by atoms with Gasteiger partial charge in [0.25, 0.3) is 5.91 Å². The summed E-state index contributed by atoms with van der Waals surface area (Å²) in [5.41, 5.74) is 2.49. The molecule has 0 N–H and O–H groups in total.